The van der Waals surface area contributed by atoms with Crippen LogP contribution in [0.25, 0.3) is 0 Å². The van der Waals surface area contributed by atoms with E-state index in [9.17, 15) is 0 Å². The summed E-state index contributed by atoms with van der Waals surface area (Å²) in [4.78, 5) is 0. The van der Waals surface area contributed by atoms with Crippen LogP contribution in [0.15, 0.2) is 16.5 Å². The first-order chi connectivity index (χ1) is 6.84. The summed E-state index contributed by atoms with van der Waals surface area (Å²) in [5.41, 5.74) is 0. The summed E-state index contributed by atoms with van der Waals surface area (Å²) in [6.45, 7) is 3.43. The van der Waals surface area contributed by atoms with Gasteiger partial charge in [0.15, 0.2) is 0 Å². The van der Waals surface area contributed by atoms with Gasteiger partial charge in [0, 0.05) is 5.92 Å². The van der Waals surface area contributed by atoms with E-state index < -0.39 is 0 Å². The van der Waals surface area contributed by atoms with Gasteiger partial charge in [-0.1, -0.05) is 6.92 Å². The zero-order chi connectivity index (χ0) is 9.54. The molecule has 2 nitrogen and oxygen atoms in total. The van der Waals surface area contributed by atoms with Gasteiger partial charge in [-0.05, 0) is 43.9 Å². The lowest BCUT2D eigenvalue weighted by molar-refractivity contribution is 0.415. The van der Waals surface area contributed by atoms with Crippen LogP contribution in [-0.2, 0) is 0 Å². The van der Waals surface area contributed by atoms with E-state index in [2.05, 4.69) is 24.4 Å². The molecule has 76 valence electrons. The summed E-state index contributed by atoms with van der Waals surface area (Å²) in [6.07, 6.45) is 3.82. The van der Waals surface area contributed by atoms with Crippen molar-refractivity contribution >= 4 is 0 Å². The Hall–Kier alpha value is -0.760. The Morgan fingerprint density at radius 2 is 2.14 bits per heavy atom. The zero-order valence-corrected chi connectivity index (χ0v) is 8.62. The van der Waals surface area contributed by atoms with E-state index in [0.717, 1.165) is 18.2 Å². The molecule has 3 rings (SSSR count). The predicted octanol–water partition coefficient (Wildman–Crippen LogP) is 2.83. The van der Waals surface area contributed by atoms with Crippen molar-refractivity contribution in [2.24, 2.45) is 5.92 Å². The van der Waals surface area contributed by atoms with E-state index in [-0.39, 0.29) is 0 Å². The predicted molar refractivity (Wildman–Crippen MR) is 55.2 cm³/mol. The fraction of sp³-hybridized carbons (Fsp3) is 0.667. The van der Waals surface area contributed by atoms with E-state index >= 15 is 0 Å². The van der Waals surface area contributed by atoms with Gasteiger partial charge in [0.05, 0.1) is 6.04 Å². The summed E-state index contributed by atoms with van der Waals surface area (Å²) in [6, 6.07) is 4.81. The standard InChI is InChI=1S/C12H17NO/c1-8-7-9(8)11-4-5-12(14-11)10-3-2-6-13-10/h4-5,8-10,13H,2-3,6-7H2,1H3. The van der Waals surface area contributed by atoms with E-state index in [1.807, 2.05) is 0 Å². The van der Waals surface area contributed by atoms with Gasteiger partial charge in [-0.15, -0.1) is 0 Å². The molecule has 3 atom stereocenters. The molecule has 2 fully saturated rings. The van der Waals surface area contributed by atoms with Crippen LogP contribution in [-0.4, -0.2) is 6.54 Å². The lowest BCUT2D eigenvalue weighted by Crippen LogP contribution is -2.11. The molecule has 0 radical (unpaired) electrons. The number of nitrogens with one attached hydrogen (secondary N) is 1. The molecule has 0 bridgehead atoms. The van der Waals surface area contributed by atoms with Crippen molar-refractivity contribution in [2.75, 3.05) is 6.54 Å². The Bertz CT molecular complexity index is 325. The highest BCUT2D eigenvalue weighted by Crippen LogP contribution is 2.47. The highest BCUT2D eigenvalue weighted by atomic mass is 16.3. The average Bonchev–Trinajstić information content (AvgIpc) is 2.72. The van der Waals surface area contributed by atoms with Crippen molar-refractivity contribution in [3.63, 3.8) is 0 Å². The van der Waals surface area contributed by atoms with E-state index in [0.29, 0.717) is 12.0 Å². The second-order valence-corrected chi connectivity index (χ2v) is 4.71. The Labute approximate surface area is 84.7 Å². The number of hydrogen-bond donors (Lipinski definition) is 1. The highest BCUT2D eigenvalue weighted by Gasteiger charge is 2.37. The van der Waals surface area contributed by atoms with Gasteiger partial charge in [0.1, 0.15) is 11.5 Å². The molecule has 0 aromatic carbocycles. The largest absolute Gasteiger partial charge is 0.464 e. The molecule has 1 aromatic heterocycles. The maximum atomic E-state index is 5.90. The Kier molecular flexibility index (Phi) is 1.91. The van der Waals surface area contributed by atoms with E-state index in [4.69, 9.17) is 4.42 Å². The Morgan fingerprint density at radius 3 is 2.79 bits per heavy atom. The minimum absolute atomic E-state index is 0.484. The molecule has 2 aliphatic rings. The first kappa shape index (κ1) is 8.54. The maximum absolute atomic E-state index is 5.90. The third kappa shape index (κ3) is 1.38. The van der Waals surface area contributed by atoms with Gasteiger partial charge < -0.3 is 9.73 Å². The average molecular weight is 191 g/mol. The van der Waals surface area contributed by atoms with Gasteiger partial charge in [0.25, 0.3) is 0 Å². The molecule has 0 spiro atoms. The molecule has 3 unspecified atom stereocenters. The lowest BCUT2D eigenvalue weighted by Gasteiger charge is -2.05. The highest BCUT2D eigenvalue weighted by molar-refractivity contribution is 5.19. The molecular formula is C12H17NO. The van der Waals surface area contributed by atoms with Gasteiger partial charge >= 0.3 is 0 Å². The van der Waals surface area contributed by atoms with Gasteiger partial charge in [0.2, 0.25) is 0 Å². The van der Waals surface area contributed by atoms with Crippen LogP contribution in [0.5, 0.6) is 0 Å². The summed E-state index contributed by atoms with van der Waals surface area (Å²) in [5.74, 6) is 3.91. The number of furan rings is 1. The molecule has 2 heterocycles. The number of hydrogen-bond acceptors (Lipinski definition) is 2. The second-order valence-electron chi connectivity index (χ2n) is 4.71. The minimum atomic E-state index is 0.484. The molecule has 14 heavy (non-hydrogen) atoms. The van der Waals surface area contributed by atoms with Gasteiger partial charge in [-0.2, -0.15) is 0 Å². The van der Waals surface area contributed by atoms with Crippen LogP contribution in [0.2, 0.25) is 0 Å². The molecule has 1 saturated carbocycles. The quantitative estimate of drug-likeness (QED) is 0.777. The van der Waals surface area contributed by atoms with Crippen LogP contribution in [0, 0.1) is 5.92 Å². The smallest absolute Gasteiger partial charge is 0.121 e. The zero-order valence-electron chi connectivity index (χ0n) is 8.62. The molecular weight excluding hydrogens is 174 g/mol. The first-order valence-electron chi connectivity index (χ1n) is 5.67. The Balaban J connectivity index is 1.76. The van der Waals surface area contributed by atoms with E-state index in [1.165, 1.54) is 25.0 Å². The Morgan fingerprint density at radius 1 is 1.36 bits per heavy atom. The van der Waals surface area contributed by atoms with Crippen molar-refractivity contribution < 1.29 is 4.42 Å². The van der Waals surface area contributed by atoms with Crippen LogP contribution in [0.3, 0.4) is 0 Å². The third-order valence-corrected chi connectivity index (χ3v) is 3.53. The summed E-state index contributed by atoms with van der Waals surface area (Å²) >= 11 is 0. The molecule has 0 amide bonds. The molecule has 1 N–H and O–H groups in total. The van der Waals surface area contributed by atoms with Crippen LogP contribution < -0.4 is 5.32 Å². The van der Waals surface area contributed by atoms with Gasteiger partial charge in [-0.25, -0.2) is 0 Å². The van der Waals surface area contributed by atoms with Crippen LogP contribution in [0.4, 0.5) is 0 Å². The molecule has 2 heteroatoms. The van der Waals surface area contributed by atoms with Crippen molar-refractivity contribution in [1.82, 2.24) is 5.32 Å². The van der Waals surface area contributed by atoms with Crippen molar-refractivity contribution in [2.45, 2.75) is 38.1 Å². The topological polar surface area (TPSA) is 25.2 Å². The molecule has 1 aromatic rings. The molecule has 1 aliphatic heterocycles. The van der Waals surface area contributed by atoms with Crippen molar-refractivity contribution in [1.29, 1.82) is 0 Å². The third-order valence-electron chi connectivity index (χ3n) is 3.53. The van der Waals surface area contributed by atoms with E-state index in [1.54, 1.807) is 0 Å². The lowest BCUT2D eigenvalue weighted by atomic mass is 10.2. The fourth-order valence-corrected chi connectivity index (χ4v) is 2.40. The molecule has 1 saturated heterocycles. The second kappa shape index (κ2) is 3.13. The minimum Gasteiger partial charge on any atom is -0.464 e. The summed E-state index contributed by atoms with van der Waals surface area (Å²) in [5, 5.41) is 3.46. The van der Waals surface area contributed by atoms with Crippen molar-refractivity contribution in [3.8, 4) is 0 Å². The summed E-state index contributed by atoms with van der Waals surface area (Å²) < 4.78 is 5.90. The monoisotopic (exact) mass is 191 g/mol. The summed E-state index contributed by atoms with van der Waals surface area (Å²) in [7, 11) is 0. The maximum Gasteiger partial charge on any atom is 0.121 e. The van der Waals surface area contributed by atoms with Crippen LogP contribution in [0.1, 0.15) is 49.7 Å². The van der Waals surface area contributed by atoms with Gasteiger partial charge in [-0.3, -0.25) is 0 Å². The van der Waals surface area contributed by atoms with Crippen LogP contribution >= 0.6 is 0 Å². The molecule has 1 aliphatic carbocycles. The normalized spacial score (nSPS) is 36.2. The number of rotatable bonds is 2. The fourth-order valence-electron chi connectivity index (χ4n) is 2.40. The first-order valence-corrected chi connectivity index (χ1v) is 5.67. The van der Waals surface area contributed by atoms with Crippen molar-refractivity contribution in [3.05, 3.63) is 23.7 Å². The SMILES string of the molecule is CC1CC1c1ccc(C2CCCN2)o1.